The summed E-state index contributed by atoms with van der Waals surface area (Å²) in [6.07, 6.45) is 6.37. The van der Waals surface area contributed by atoms with Crippen molar-refractivity contribution < 1.29 is 22.7 Å². The van der Waals surface area contributed by atoms with Gasteiger partial charge in [0.25, 0.3) is 0 Å². The van der Waals surface area contributed by atoms with Crippen LogP contribution in [0.25, 0.3) is 10.8 Å². The molecule has 0 radical (unpaired) electrons. The van der Waals surface area contributed by atoms with Crippen LogP contribution in [0.15, 0.2) is 30.6 Å². The summed E-state index contributed by atoms with van der Waals surface area (Å²) >= 11 is 0. The molecule has 0 amide bonds. The third-order valence-electron chi connectivity index (χ3n) is 8.70. The van der Waals surface area contributed by atoms with E-state index in [2.05, 4.69) is 15.3 Å². The lowest BCUT2D eigenvalue weighted by Gasteiger charge is -2.36. The first-order valence-corrected chi connectivity index (χ1v) is 15.6. The van der Waals surface area contributed by atoms with Crippen molar-refractivity contribution in [3.8, 4) is 5.88 Å². The first-order valence-electron chi connectivity index (χ1n) is 13.9. The van der Waals surface area contributed by atoms with Crippen LogP contribution in [-0.2, 0) is 14.6 Å². The van der Waals surface area contributed by atoms with E-state index in [4.69, 9.17) is 20.2 Å². The number of aromatic nitrogens is 3. The van der Waals surface area contributed by atoms with Gasteiger partial charge in [-0.05, 0) is 61.8 Å². The average Bonchev–Trinajstić information content (AvgIpc) is 3.74. The molecular weight excluding hydrogens is 530 g/mol. The van der Waals surface area contributed by atoms with Crippen molar-refractivity contribution >= 4 is 38.2 Å². The molecule has 3 aromatic rings. The largest absolute Gasteiger partial charge is 0.474 e. The Morgan fingerprint density at radius 2 is 1.90 bits per heavy atom. The predicted octanol–water partition coefficient (Wildman–Crippen LogP) is 4.58. The summed E-state index contributed by atoms with van der Waals surface area (Å²) < 4.78 is 36.1. The molecule has 3 aromatic heterocycles. The highest BCUT2D eigenvalue weighted by Gasteiger charge is 2.41. The van der Waals surface area contributed by atoms with Gasteiger partial charge in [0.05, 0.1) is 21.9 Å². The van der Waals surface area contributed by atoms with Gasteiger partial charge in [0.2, 0.25) is 5.88 Å². The molecule has 10 nitrogen and oxygen atoms in total. The van der Waals surface area contributed by atoms with Crippen molar-refractivity contribution in [2.75, 3.05) is 11.1 Å². The normalized spacial score (nSPS) is 24.5. The van der Waals surface area contributed by atoms with Crippen molar-refractivity contribution in [1.82, 2.24) is 15.0 Å². The topological polar surface area (TPSA) is 146 Å². The number of hydrogen-bond donors (Lipinski definition) is 2. The summed E-state index contributed by atoms with van der Waals surface area (Å²) in [6.45, 7) is 7.44. The lowest BCUT2D eigenvalue weighted by atomic mass is 9.84. The van der Waals surface area contributed by atoms with Crippen LogP contribution >= 0.6 is 0 Å². The summed E-state index contributed by atoms with van der Waals surface area (Å²) in [5.74, 6) is 1.67. The molecule has 11 heteroatoms. The van der Waals surface area contributed by atoms with Crippen LogP contribution in [0.3, 0.4) is 0 Å². The van der Waals surface area contributed by atoms with Crippen LogP contribution in [0.1, 0.15) is 87.0 Å². The fraction of sp³-hybridized carbons (Fsp3) is 0.517. The van der Waals surface area contributed by atoms with Crippen LogP contribution < -0.4 is 15.8 Å². The van der Waals surface area contributed by atoms with E-state index in [-0.39, 0.29) is 35.0 Å². The summed E-state index contributed by atoms with van der Waals surface area (Å²) in [5, 5.41) is 4.55. The summed E-state index contributed by atoms with van der Waals surface area (Å²) in [6, 6.07) is 5.24. The number of esters is 1. The van der Waals surface area contributed by atoms with Gasteiger partial charge in [0, 0.05) is 42.9 Å². The van der Waals surface area contributed by atoms with Gasteiger partial charge in [0.1, 0.15) is 23.3 Å². The molecular formula is C29H35N5O5S. The number of ether oxygens (including phenoxy) is 2. The Balaban J connectivity index is 1.30. The van der Waals surface area contributed by atoms with Crippen molar-refractivity contribution in [1.29, 1.82) is 0 Å². The molecule has 0 unspecified atom stereocenters. The zero-order chi connectivity index (χ0) is 28.4. The first-order chi connectivity index (χ1) is 19.0. The van der Waals surface area contributed by atoms with E-state index < -0.39 is 15.4 Å². The Bertz CT molecular complexity index is 1600. The third-order valence-corrected chi connectivity index (χ3v) is 10.9. The Kier molecular flexibility index (Phi) is 6.49. The lowest BCUT2D eigenvalue weighted by Crippen LogP contribution is -2.43. The molecule has 0 saturated heterocycles. The maximum atomic E-state index is 12.5. The first kappa shape index (κ1) is 26.9. The maximum Gasteiger partial charge on any atom is 0.340 e. The number of hydrogen-bond acceptors (Lipinski definition) is 10. The quantitative estimate of drug-likeness (QED) is 0.372. The minimum Gasteiger partial charge on any atom is -0.474 e. The highest BCUT2D eigenvalue weighted by atomic mass is 32.2. The maximum absolute atomic E-state index is 12.5. The van der Waals surface area contributed by atoms with Crippen LogP contribution in [-0.4, -0.2) is 52.0 Å². The second-order valence-corrected chi connectivity index (χ2v) is 14.3. The monoisotopic (exact) mass is 565 g/mol. The number of nitrogens with zero attached hydrogens (tertiary/aromatic N) is 3. The molecule has 2 aliphatic carbocycles. The van der Waals surface area contributed by atoms with E-state index in [9.17, 15) is 13.2 Å². The molecule has 6 rings (SSSR count). The minimum absolute atomic E-state index is 0.0844. The van der Waals surface area contributed by atoms with Gasteiger partial charge in [-0.25, -0.2) is 28.2 Å². The molecule has 4 heterocycles. The van der Waals surface area contributed by atoms with Crippen LogP contribution in [0.4, 0.5) is 11.6 Å². The van der Waals surface area contributed by atoms with Gasteiger partial charge in [-0.1, -0.05) is 13.8 Å². The number of nitrogens with two attached hydrogens (primary N) is 1. The Hall–Kier alpha value is -3.31. The van der Waals surface area contributed by atoms with Gasteiger partial charge < -0.3 is 20.5 Å². The molecule has 2 atom stereocenters. The molecule has 3 aliphatic rings. The van der Waals surface area contributed by atoms with E-state index in [1.807, 2.05) is 26.8 Å². The van der Waals surface area contributed by atoms with Gasteiger partial charge in [0.15, 0.2) is 9.84 Å². The molecule has 1 aliphatic heterocycles. The van der Waals surface area contributed by atoms with Crippen molar-refractivity contribution in [3.05, 3.63) is 47.4 Å². The lowest BCUT2D eigenvalue weighted by molar-refractivity contribution is -0.0189. The Labute approximate surface area is 234 Å². The zero-order valence-electron chi connectivity index (χ0n) is 23.2. The fourth-order valence-corrected chi connectivity index (χ4v) is 6.95. The molecule has 2 fully saturated rings. The number of pyridine rings is 3. The second-order valence-electron chi connectivity index (χ2n) is 11.8. The number of sulfone groups is 1. The van der Waals surface area contributed by atoms with Gasteiger partial charge in [-0.3, -0.25) is 0 Å². The van der Waals surface area contributed by atoms with Crippen molar-refractivity contribution in [2.45, 2.75) is 82.3 Å². The van der Waals surface area contributed by atoms with Crippen LogP contribution in [0.5, 0.6) is 5.88 Å². The molecule has 212 valence electrons. The molecule has 3 N–H and O–H groups in total. The van der Waals surface area contributed by atoms with Gasteiger partial charge in [-0.15, -0.1) is 0 Å². The molecule has 0 bridgehead atoms. The van der Waals surface area contributed by atoms with Crippen molar-refractivity contribution in [3.63, 3.8) is 0 Å². The van der Waals surface area contributed by atoms with Gasteiger partial charge in [-0.2, -0.15) is 0 Å². The number of fused-ring (bicyclic) bond motifs is 2. The van der Waals surface area contributed by atoms with Gasteiger partial charge >= 0.3 is 5.97 Å². The summed E-state index contributed by atoms with van der Waals surface area (Å²) in [4.78, 5) is 26.5. The number of carbonyl (C=O) groups excluding carboxylic acids is 1. The van der Waals surface area contributed by atoms with E-state index in [0.717, 1.165) is 29.2 Å². The van der Waals surface area contributed by atoms with E-state index in [1.165, 1.54) is 0 Å². The predicted molar refractivity (Wildman–Crippen MR) is 152 cm³/mol. The van der Waals surface area contributed by atoms with E-state index >= 15 is 0 Å². The fourth-order valence-electron chi connectivity index (χ4n) is 5.46. The highest BCUT2D eigenvalue weighted by molar-refractivity contribution is 7.92. The smallest absolute Gasteiger partial charge is 0.340 e. The highest BCUT2D eigenvalue weighted by Crippen LogP contribution is 2.43. The molecule has 0 aromatic carbocycles. The summed E-state index contributed by atoms with van der Waals surface area (Å²) in [5.41, 5.74) is 8.05. The number of cyclic esters (lactones) is 1. The second kappa shape index (κ2) is 9.66. The SMILES string of the molecule is CCS(=O)(=O)C1CC(Oc2ncc([C@H](N)C3CC3)c3cc(Nc4ccc5c(n4)[C@@H](C)C(C)(C)OC5=O)ncc23)C1. The number of anilines is 2. The number of nitrogens with one attached hydrogen (secondary N) is 1. The average molecular weight is 566 g/mol. The number of carbonyl (C=O) groups is 1. The van der Waals surface area contributed by atoms with Crippen LogP contribution in [0, 0.1) is 5.92 Å². The van der Waals surface area contributed by atoms with E-state index in [1.54, 1.807) is 31.5 Å². The number of rotatable bonds is 8. The minimum atomic E-state index is -3.07. The third kappa shape index (κ3) is 4.79. The Morgan fingerprint density at radius 1 is 1.15 bits per heavy atom. The van der Waals surface area contributed by atoms with E-state index in [0.29, 0.717) is 47.5 Å². The summed E-state index contributed by atoms with van der Waals surface area (Å²) in [7, 11) is -3.07. The van der Waals surface area contributed by atoms with Crippen molar-refractivity contribution in [2.24, 2.45) is 11.7 Å². The Morgan fingerprint density at radius 3 is 2.60 bits per heavy atom. The molecule has 0 spiro atoms. The molecule has 2 saturated carbocycles. The standard InChI is InChI=1S/C29H35N5O5S/c1-5-40(36,37)18-10-17(11-18)38-27-22-14-31-24(12-20(22)21(13-32-27)25(30)16-6-7-16)33-23-9-8-19-26(34-23)15(2)29(3,4)39-28(19)35/h8-9,12-18,25H,5-7,10-11,30H2,1-4H3,(H,31,33,34)/t15-,17?,18?,25-/m1/s1. The van der Waals surface area contributed by atoms with Crippen LogP contribution in [0.2, 0.25) is 0 Å². The zero-order valence-corrected chi connectivity index (χ0v) is 24.0. The molecule has 40 heavy (non-hydrogen) atoms.